The van der Waals surface area contributed by atoms with Gasteiger partial charge in [-0.1, -0.05) is 0 Å². The van der Waals surface area contributed by atoms with E-state index >= 15 is 0 Å². The van der Waals surface area contributed by atoms with Gasteiger partial charge in [0.25, 0.3) is 0 Å². The highest BCUT2D eigenvalue weighted by Gasteiger charge is 2.43. The smallest absolute Gasteiger partial charge is 0.152 e. The summed E-state index contributed by atoms with van der Waals surface area (Å²) in [6.07, 6.45) is 1.87. The van der Waals surface area contributed by atoms with E-state index in [2.05, 4.69) is 4.90 Å². The predicted molar refractivity (Wildman–Crippen MR) is 57.5 cm³/mol. The maximum Gasteiger partial charge on any atom is 0.152 e. The Kier molecular flexibility index (Phi) is 2.63. The highest BCUT2D eigenvalue weighted by Crippen LogP contribution is 2.30. The van der Waals surface area contributed by atoms with Gasteiger partial charge in [0.2, 0.25) is 0 Å². The largest absolute Gasteiger partial charge is 0.300 e. The van der Waals surface area contributed by atoms with Gasteiger partial charge in [-0.25, -0.2) is 8.42 Å². The molecular formula is C10H17NO3S. The molecule has 2 rings (SSSR count). The number of piperidine rings is 1. The first-order chi connectivity index (χ1) is 6.91. The van der Waals surface area contributed by atoms with E-state index in [0.29, 0.717) is 30.8 Å². The molecule has 2 heterocycles. The molecule has 4 nitrogen and oxygen atoms in total. The quantitative estimate of drug-likeness (QED) is 0.648. The fourth-order valence-electron chi connectivity index (χ4n) is 2.54. The van der Waals surface area contributed by atoms with E-state index in [9.17, 15) is 13.2 Å². The van der Waals surface area contributed by atoms with Crippen LogP contribution in [0.15, 0.2) is 0 Å². The lowest BCUT2D eigenvalue weighted by Crippen LogP contribution is -2.51. The van der Waals surface area contributed by atoms with Crippen LogP contribution in [0.25, 0.3) is 0 Å². The zero-order valence-corrected chi connectivity index (χ0v) is 9.85. The molecule has 0 saturated carbocycles. The first-order valence-corrected chi connectivity index (χ1v) is 7.21. The number of nitrogens with zero attached hydrogens (tertiary/aromatic N) is 1. The van der Waals surface area contributed by atoms with Crippen LogP contribution in [0.5, 0.6) is 0 Å². The molecule has 0 bridgehead atoms. The third-order valence-corrected chi connectivity index (χ3v) is 5.45. The summed E-state index contributed by atoms with van der Waals surface area (Å²) in [4.78, 5) is 13.3. The number of Topliss-reactive ketones (excluding diaryl/α,β-unsaturated/α-hetero) is 1. The molecule has 0 amide bonds. The second-order valence-corrected chi connectivity index (χ2v) is 7.05. The number of hydrogen-bond acceptors (Lipinski definition) is 4. The van der Waals surface area contributed by atoms with Crippen LogP contribution in [0.2, 0.25) is 0 Å². The van der Waals surface area contributed by atoms with Crippen molar-refractivity contribution in [2.75, 3.05) is 24.6 Å². The molecule has 15 heavy (non-hydrogen) atoms. The molecule has 2 fully saturated rings. The van der Waals surface area contributed by atoms with Crippen molar-refractivity contribution in [3.63, 3.8) is 0 Å². The summed E-state index contributed by atoms with van der Waals surface area (Å²) in [6.45, 7) is 3.46. The SMILES string of the molecule is CC1(N2CCC(=O)CC2)CCS(=O)(=O)C1. The molecule has 0 aliphatic carbocycles. The van der Waals surface area contributed by atoms with Crippen LogP contribution in [0.4, 0.5) is 0 Å². The Labute approximate surface area is 90.6 Å². The van der Waals surface area contributed by atoms with E-state index in [1.165, 1.54) is 0 Å². The van der Waals surface area contributed by atoms with E-state index in [1.807, 2.05) is 6.92 Å². The lowest BCUT2D eigenvalue weighted by atomic mass is 9.95. The number of carbonyl (C=O) groups is 1. The molecule has 2 aliphatic heterocycles. The van der Waals surface area contributed by atoms with Gasteiger partial charge >= 0.3 is 0 Å². The molecule has 0 radical (unpaired) electrons. The highest BCUT2D eigenvalue weighted by atomic mass is 32.2. The molecule has 0 spiro atoms. The van der Waals surface area contributed by atoms with Crippen molar-refractivity contribution in [1.82, 2.24) is 4.90 Å². The number of likely N-dealkylation sites (tertiary alicyclic amines) is 1. The fraction of sp³-hybridized carbons (Fsp3) is 0.900. The topological polar surface area (TPSA) is 54.5 Å². The third-order valence-electron chi connectivity index (χ3n) is 3.57. The second kappa shape index (κ2) is 3.56. The highest BCUT2D eigenvalue weighted by molar-refractivity contribution is 7.91. The van der Waals surface area contributed by atoms with Crippen LogP contribution < -0.4 is 0 Å². The van der Waals surface area contributed by atoms with Crippen LogP contribution >= 0.6 is 0 Å². The summed E-state index contributed by atoms with van der Waals surface area (Å²) in [6, 6.07) is 0. The second-order valence-electron chi connectivity index (χ2n) is 4.86. The van der Waals surface area contributed by atoms with Crippen molar-refractivity contribution in [2.24, 2.45) is 0 Å². The van der Waals surface area contributed by atoms with Gasteiger partial charge < -0.3 is 0 Å². The minimum absolute atomic E-state index is 0.223. The Morgan fingerprint density at radius 2 is 1.87 bits per heavy atom. The van der Waals surface area contributed by atoms with Crippen molar-refractivity contribution >= 4 is 15.6 Å². The number of sulfone groups is 1. The van der Waals surface area contributed by atoms with E-state index in [4.69, 9.17) is 0 Å². The summed E-state index contributed by atoms with van der Waals surface area (Å²) < 4.78 is 22.9. The normalized spacial score (nSPS) is 37.0. The Bertz CT molecular complexity index is 366. The van der Waals surface area contributed by atoms with E-state index in [1.54, 1.807) is 0 Å². The molecule has 0 aromatic carbocycles. The van der Waals surface area contributed by atoms with Crippen molar-refractivity contribution in [2.45, 2.75) is 31.7 Å². The first kappa shape index (κ1) is 11.1. The van der Waals surface area contributed by atoms with Gasteiger partial charge in [-0.2, -0.15) is 0 Å². The zero-order chi connectivity index (χ0) is 11.1. The maximum atomic E-state index is 11.5. The molecular weight excluding hydrogens is 214 g/mol. The van der Waals surface area contributed by atoms with Crippen molar-refractivity contribution < 1.29 is 13.2 Å². The Balaban J connectivity index is 2.08. The van der Waals surface area contributed by atoms with Crippen molar-refractivity contribution in [1.29, 1.82) is 0 Å². The molecule has 0 N–H and O–H groups in total. The Morgan fingerprint density at radius 1 is 1.27 bits per heavy atom. The molecule has 1 atom stereocenters. The number of rotatable bonds is 1. The number of ketones is 1. The Morgan fingerprint density at radius 3 is 2.33 bits per heavy atom. The first-order valence-electron chi connectivity index (χ1n) is 5.39. The summed E-state index contributed by atoms with van der Waals surface area (Å²) >= 11 is 0. The lowest BCUT2D eigenvalue weighted by Gasteiger charge is -2.39. The monoisotopic (exact) mass is 231 g/mol. The summed E-state index contributed by atoms with van der Waals surface area (Å²) in [5, 5.41) is 0. The van der Waals surface area contributed by atoms with E-state index < -0.39 is 9.84 Å². The molecule has 1 unspecified atom stereocenters. The molecule has 0 aromatic heterocycles. The molecule has 5 heteroatoms. The standard InChI is InChI=1S/C10H17NO3S/c1-10(4-7-15(13,14)8-10)11-5-2-9(12)3-6-11/h2-8H2,1H3. The van der Waals surface area contributed by atoms with Crippen molar-refractivity contribution in [3.8, 4) is 0 Å². The van der Waals surface area contributed by atoms with Crippen LogP contribution in [0.1, 0.15) is 26.2 Å². The maximum absolute atomic E-state index is 11.5. The van der Waals surface area contributed by atoms with Gasteiger partial charge in [0.05, 0.1) is 11.5 Å². The van der Waals surface area contributed by atoms with Gasteiger partial charge in [-0.15, -0.1) is 0 Å². The van der Waals surface area contributed by atoms with Crippen LogP contribution in [0, 0.1) is 0 Å². The summed E-state index contributed by atoms with van der Waals surface area (Å²) in [7, 11) is -2.84. The van der Waals surface area contributed by atoms with Crippen LogP contribution in [-0.2, 0) is 14.6 Å². The Hall–Kier alpha value is -0.420. The van der Waals surface area contributed by atoms with Gasteiger partial charge in [0.1, 0.15) is 5.78 Å². The van der Waals surface area contributed by atoms with Crippen molar-refractivity contribution in [3.05, 3.63) is 0 Å². The van der Waals surface area contributed by atoms with E-state index in [0.717, 1.165) is 13.1 Å². The molecule has 2 aliphatic rings. The lowest BCUT2D eigenvalue weighted by molar-refractivity contribution is -0.122. The minimum Gasteiger partial charge on any atom is -0.300 e. The van der Waals surface area contributed by atoms with Gasteiger partial charge in [-0.3, -0.25) is 9.69 Å². The van der Waals surface area contributed by atoms with Gasteiger partial charge in [-0.05, 0) is 13.3 Å². The summed E-state index contributed by atoms with van der Waals surface area (Å²) in [5.41, 5.74) is -0.223. The molecule has 86 valence electrons. The van der Waals surface area contributed by atoms with Crippen LogP contribution in [0.3, 0.4) is 0 Å². The average molecular weight is 231 g/mol. The zero-order valence-electron chi connectivity index (χ0n) is 9.03. The average Bonchev–Trinajstić information content (AvgIpc) is 2.43. The fourth-order valence-corrected chi connectivity index (χ4v) is 4.71. The van der Waals surface area contributed by atoms with Crippen LogP contribution in [-0.4, -0.2) is 49.2 Å². The van der Waals surface area contributed by atoms with Gasteiger partial charge in [0.15, 0.2) is 9.84 Å². The molecule has 2 saturated heterocycles. The van der Waals surface area contributed by atoms with E-state index in [-0.39, 0.29) is 11.3 Å². The minimum atomic E-state index is -2.84. The third kappa shape index (κ3) is 2.23. The molecule has 0 aromatic rings. The number of hydrogen-bond donors (Lipinski definition) is 0. The summed E-state index contributed by atoms with van der Waals surface area (Å²) in [5.74, 6) is 0.859. The predicted octanol–water partition coefficient (Wildman–Crippen LogP) is 0.229. The number of carbonyl (C=O) groups excluding carboxylic acids is 1. The van der Waals surface area contributed by atoms with Gasteiger partial charge in [0, 0.05) is 31.5 Å².